The molecule has 2 unspecified atom stereocenters. The number of rotatable bonds is 3. The molecule has 1 aliphatic carbocycles. The zero-order chi connectivity index (χ0) is 13.1. The second-order valence-electron chi connectivity index (χ2n) is 5.66. The lowest BCUT2D eigenvalue weighted by atomic mass is 9.94. The van der Waals surface area contributed by atoms with Crippen LogP contribution in [0.15, 0.2) is 24.3 Å². The third-order valence-electron chi connectivity index (χ3n) is 4.10. The quantitative estimate of drug-likeness (QED) is 0.777. The molecular formula is C17H25N. The summed E-state index contributed by atoms with van der Waals surface area (Å²) in [4.78, 5) is 0. The molecule has 18 heavy (non-hydrogen) atoms. The van der Waals surface area contributed by atoms with Gasteiger partial charge in [-0.3, -0.25) is 0 Å². The second-order valence-corrected chi connectivity index (χ2v) is 5.66. The van der Waals surface area contributed by atoms with Crippen LogP contribution in [0.1, 0.15) is 54.5 Å². The van der Waals surface area contributed by atoms with Crippen LogP contribution in [-0.2, 0) is 0 Å². The van der Waals surface area contributed by atoms with E-state index >= 15 is 0 Å². The molecule has 0 radical (unpaired) electrons. The highest BCUT2D eigenvalue weighted by atomic mass is 14.9. The molecule has 0 spiro atoms. The lowest BCUT2D eigenvalue weighted by Crippen LogP contribution is -2.32. The van der Waals surface area contributed by atoms with E-state index < -0.39 is 0 Å². The Bertz CT molecular complexity index is 445. The average molecular weight is 243 g/mol. The van der Waals surface area contributed by atoms with Gasteiger partial charge in [0.05, 0.1) is 0 Å². The number of aryl methyl sites for hydroxylation is 3. The van der Waals surface area contributed by atoms with Crippen molar-refractivity contribution in [2.75, 3.05) is 0 Å². The highest BCUT2D eigenvalue weighted by Gasteiger charge is 2.15. The molecule has 0 bridgehead atoms. The van der Waals surface area contributed by atoms with Crippen LogP contribution in [0.25, 0.3) is 0 Å². The zero-order valence-corrected chi connectivity index (χ0v) is 12.1. The van der Waals surface area contributed by atoms with Gasteiger partial charge in [-0.15, -0.1) is 0 Å². The Hall–Kier alpha value is -1.08. The molecule has 0 aliphatic heterocycles. The molecule has 1 aromatic rings. The van der Waals surface area contributed by atoms with Gasteiger partial charge in [0, 0.05) is 12.1 Å². The molecule has 0 heterocycles. The predicted octanol–water partition coefficient (Wildman–Crippen LogP) is 4.37. The number of hydrogen-bond acceptors (Lipinski definition) is 1. The van der Waals surface area contributed by atoms with Crippen LogP contribution in [0.3, 0.4) is 0 Å². The number of hydrogen-bond donors (Lipinski definition) is 1. The summed E-state index contributed by atoms with van der Waals surface area (Å²) in [5.41, 5.74) is 5.65. The standard InChI is InChI=1S/C17H25N/c1-12-10-14(3)17(11-13(12)2)15(4)18-16-8-6-5-7-9-16/h5-6,10-11,15-16,18H,7-9H2,1-4H3. The van der Waals surface area contributed by atoms with E-state index in [0.29, 0.717) is 12.1 Å². The summed E-state index contributed by atoms with van der Waals surface area (Å²) in [6.07, 6.45) is 8.26. The van der Waals surface area contributed by atoms with Gasteiger partial charge in [0.15, 0.2) is 0 Å². The highest BCUT2D eigenvalue weighted by molar-refractivity contribution is 5.38. The molecule has 1 aliphatic rings. The fourth-order valence-electron chi connectivity index (χ4n) is 2.84. The molecule has 1 nitrogen and oxygen atoms in total. The van der Waals surface area contributed by atoms with Crippen LogP contribution in [0.2, 0.25) is 0 Å². The Morgan fingerprint density at radius 3 is 2.44 bits per heavy atom. The Labute approximate surface area is 111 Å². The molecule has 0 amide bonds. The fourth-order valence-corrected chi connectivity index (χ4v) is 2.84. The van der Waals surface area contributed by atoms with E-state index in [-0.39, 0.29) is 0 Å². The zero-order valence-electron chi connectivity index (χ0n) is 12.1. The van der Waals surface area contributed by atoms with Crippen LogP contribution < -0.4 is 5.32 Å². The van der Waals surface area contributed by atoms with Crippen molar-refractivity contribution < 1.29 is 0 Å². The first kappa shape index (κ1) is 13.4. The Kier molecular flexibility index (Phi) is 4.23. The van der Waals surface area contributed by atoms with Crippen molar-refractivity contribution in [3.63, 3.8) is 0 Å². The smallest absolute Gasteiger partial charge is 0.0297 e. The van der Waals surface area contributed by atoms with Crippen molar-refractivity contribution in [2.24, 2.45) is 0 Å². The van der Waals surface area contributed by atoms with Gasteiger partial charge >= 0.3 is 0 Å². The maximum Gasteiger partial charge on any atom is 0.0297 e. The SMILES string of the molecule is Cc1cc(C)c(C(C)NC2CC=CCC2)cc1C. The molecule has 1 heteroatoms. The van der Waals surface area contributed by atoms with Crippen LogP contribution in [-0.4, -0.2) is 6.04 Å². The van der Waals surface area contributed by atoms with E-state index in [1.807, 2.05) is 0 Å². The van der Waals surface area contributed by atoms with E-state index in [4.69, 9.17) is 0 Å². The predicted molar refractivity (Wildman–Crippen MR) is 79.0 cm³/mol. The first-order chi connectivity index (χ1) is 8.58. The largest absolute Gasteiger partial charge is 0.307 e. The summed E-state index contributed by atoms with van der Waals surface area (Å²) < 4.78 is 0. The van der Waals surface area contributed by atoms with Gasteiger partial charge in [0.25, 0.3) is 0 Å². The van der Waals surface area contributed by atoms with Crippen molar-refractivity contribution in [3.8, 4) is 0 Å². The molecule has 1 aromatic carbocycles. The van der Waals surface area contributed by atoms with Crippen LogP contribution in [0.5, 0.6) is 0 Å². The normalized spacial score (nSPS) is 21.0. The summed E-state index contributed by atoms with van der Waals surface area (Å²) in [7, 11) is 0. The maximum atomic E-state index is 3.77. The lowest BCUT2D eigenvalue weighted by Gasteiger charge is -2.26. The van der Waals surface area contributed by atoms with Gasteiger partial charge in [-0.25, -0.2) is 0 Å². The topological polar surface area (TPSA) is 12.0 Å². The minimum Gasteiger partial charge on any atom is -0.307 e. The van der Waals surface area contributed by atoms with E-state index in [9.17, 15) is 0 Å². The Morgan fingerprint density at radius 1 is 1.06 bits per heavy atom. The number of nitrogens with one attached hydrogen (secondary N) is 1. The van der Waals surface area contributed by atoms with Gasteiger partial charge in [-0.05, 0) is 69.2 Å². The number of benzene rings is 1. The molecule has 0 saturated heterocycles. The molecular weight excluding hydrogens is 218 g/mol. The molecule has 2 atom stereocenters. The summed E-state index contributed by atoms with van der Waals surface area (Å²) in [6.45, 7) is 8.90. The van der Waals surface area contributed by atoms with Crippen molar-refractivity contribution in [1.29, 1.82) is 0 Å². The van der Waals surface area contributed by atoms with Gasteiger partial charge in [0.2, 0.25) is 0 Å². The van der Waals surface area contributed by atoms with Gasteiger partial charge in [-0.1, -0.05) is 24.3 Å². The van der Waals surface area contributed by atoms with E-state index in [1.165, 1.54) is 41.5 Å². The van der Waals surface area contributed by atoms with Crippen molar-refractivity contribution in [3.05, 3.63) is 46.5 Å². The highest BCUT2D eigenvalue weighted by Crippen LogP contribution is 2.23. The molecule has 1 N–H and O–H groups in total. The summed E-state index contributed by atoms with van der Waals surface area (Å²) in [6, 6.07) is 5.75. The maximum absolute atomic E-state index is 3.77. The van der Waals surface area contributed by atoms with E-state index in [2.05, 4.69) is 57.3 Å². The average Bonchev–Trinajstić information content (AvgIpc) is 2.35. The van der Waals surface area contributed by atoms with E-state index in [1.54, 1.807) is 0 Å². The summed E-state index contributed by atoms with van der Waals surface area (Å²) >= 11 is 0. The van der Waals surface area contributed by atoms with Crippen LogP contribution in [0, 0.1) is 20.8 Å². The molecule has 98 valence electrons. The number of allylic oxidation sites excluding steroid dienone is 1. The van der Waals surface area contributed by atoms with Crippen molar-refractivity contribution in [2.45, 2.75) is 59.0 Å². The van der Waals surface area contributed by atoms with Crippen LogP contribution in [0.4, 0.5) is 0 Å². The lowest BCUT2D eigenvalue weighted by molar-refractivity contribution is 0.425. The van der Waals surface area contributed by atoms with Gasteiger partial charge < -0.3 is 5.32 Å². The Morgan fingerprint density at radius 2 is 1.78 bits per heavy atom. The monoisotopic (exact) mass is 243 g/mol. The van der Waals surface area contributed by atoms with Gasteiger partial charge in [-0.2, -0.15) is 0 Å². The fraction of sp³-hybridized carbons (Fsp3) is 0.529. The molecule has 2 rings (SSSR count). The first-order valence-corrected chi connectivity index (χ1v) is 7.06. The summed E-state index contributed by atoms with van der Waals surface area (Å²) in [5.74, 6) is 0. The summed E-state index contributed by atoms with van der Waals surface area (Å²) in [5, 5.41) is 3.77. The first-order valence-electron chi connectivity index (χ1n) is 7.06. The Balaban J connectivity index is 2.10. The van der Waals surface area contributed by atoms with Crippen molar-refractivity contribution in [1.82, 2.24) is 5.32 Å². The van der Waals surface area contributed by atoms with Gasteiger partial charge in [0.1, 0.15) is 0 Å². The minimum atomic E-state index is 0.445. The third-order valence-corrected chi connectivity index (χ3v) is 4.10. The molecule has 0 saturated carbocycles. The third kappa shape index (κ3) is 3.02. The van der Waals surface area contributed by atoms with Crippen molar-refractivity contribution >= 4 is 0 Å². The molecule has 0 fully saturated rings. The van der Waals surface area contributed by atoms with Crippen LogP contribution >= 0.6 is 0 Å². The second kappa shape index (κ2) is 5.71. The molecule has 0 aromatic heterocycles. The van der Waals surface area contributed by atoms with E-state index in [0.717, 1.165) is 0 Å². The minimum absolute atomic E-state index is 0.445.